The molecule has 0 amide bonds. The highest BCUT2D eigenvalue weighted by Crippen LogP contribution is 2.29. The second-order valence-corrected chi connectivity index (χ2v) is 10.8. The van der Waals surface area contributed by atoms with Gasteiger partial charge in [0.15, 0.2) is 10.9 Å². The average Bonchev–Trinajstić information content (AvgIpc) is 3.52. The number of thiazole rings is 1. The number of aromatic nitrogens is 2. The van der Waals surface area contributed by atoms with Crippen LogP contribution in [0.4, 0.5) is 5.13 Å². The number of aryl methyl sites for hydroxylation is 1. The van der Waals surface area contributed by atoms with E-state index in [0.717, 1.165) is 28.4 Å². The number of sulfonamides is 1. The minimum atomic E-state index is -3.65. The van der Waals surface area contributed by atoms with Crippen LogP contribution in [0.2, 0.25) is 0 Å². The molecule has 0 aliphatic heterocycles. The van der Waals surface area contributed by atoms with E-state index in [1.807, 2.05) is 61.7 Å². The molecule has 2 heterocycles. The van der Waals surface area contributed by atoms with Crippen molar-refractivity contribution in [3.8, 4) is 28.5 Å². The lowest BCUT2D eigenvalue weighted by atomic mass is 10.1. The first-order chi connectivity index (χ1) is 16.9. The van der Waals surface area contributed by atoms with Crippen molar-refractivity contribution in [2.75, 3.05) is 19.0 Å². The van der Waals surface area contributed by atoms with E-state index >= 15 is 0 Å². The Labute approximate surface area is 209 Å². The molecule has 0 aliphatic rings. The summed E-state index contributed by atoms with van der Waals surface area (Å²) in [5.41, 5.74) is 3.25. The molecule has 8 nitrogen and oxygen atoms in total. The number of hydrogen-bond acceptors (Lipinski definition) is 8. The quantitative estimate of drug-likeness (QED) is 0.261. The maximum Gasteiger partial charge on any atom is 0.244 e. The molecule has 1 unspecified atom stereocenters. The molecule has 0 saturated heterocycles. The molecular weight excluding hydrogens is 484 g/mol. The van der Waals surface area contributed by atoms with Crippen LogP contribution in [0.5, 0.6) is 5.75 Å². The maximum atomic E-state index is 12.7. The summed E-state index contributed by atoms with van der Waals surface area (Å²) in [6, 6.07) is 16.9. The molecular formula is C25H28N4O4S2. The van der Waals surface area contributed by atoms with Crippen molar-refractivity contribution in [2.24, 2.45) is 0 Å². The van der Waals surface area contributed by atoms with E-state index in [-0.39, 0.29) is 10.9 Å². The zero-order chi connectivity index (χ0) is 24.8. The highest BCUT2D eigenvalue weighted by Gasteiger charge is 2.19. The lowest BCUT2D eigenvalue weighted by Crippen LogP contribution is -2.26. The number of nitrogens with zero attached hydrogens (tertiary/aromatic N) is 2. The van der Waals surface area contributed by atoms with Crippen LogP contribution in [0.25, 0.3) is 22.7 Å². The number of hydrogen-bond donors (Lipinski definition) is 2. The molecule has 4 rings (SSSR count). The fourth-order valence-corrected chi connectivity index (χ4v) is 5.70. The van der Waals surface area contributed by atoms with Crippen LogP contribution in [0.1, 0.15) is 25.3 Å². The SMILES string of the molecule is COc1ccc(C)cc1S(=O)(=O)NCCCC(C)Nc1nc(-c2cc(-c3ccccc3)on2)cs1. The van der Waals surface area contributed by atoms with E-state index < -0.39 is 10.0 Å². The van der Waals surface area contributed by atoms with Gasteiger partial charge in [-0.05, 0) is 44.4 Å². The summed E-state index contributed by atoms with van der Waals surface area (Å²) >= 11 is 1.49. The third-order valence-electron chi connectivity index (χ3n) is 5.42. The Morgan fingerprint density at radius 2 is 1.91 bits per heavy atom. The standard InChI is InChI=1S/C25H28N4O4S2/c1-17-11-12-22(32-3)24(14-17)35(30,31)26-13-7-8-18(2)27-25-28-21(16-34-25)20-15-23(33-29-20)19-9-5-4-6-10-19/h4-6,9-12,14-16,18,26H,7-8,13H2,1-3H3,(H,27,28). The highest BCUT2D eigenvalue weighted by atomic mass is 32.2. The maximum absolute atomic E-state index is 12.7. The zero-order valence-corrected chi connectivity index (χ0v) is 21.4. The van der Waals surface area contributed by atoms with Crippen LogP contribution in [0.3, 0.4) is 0 Å². The van der Waals surface area contributed by atoms with Gasteiger partial charge in [0, 0.05) is 29.6 Å². The molecule has 35 heavy (non-hydrogen) atoms. The molecule has 0 aliphatic carbocycles. The second kappa shape index (κ2) is 11.0. The van der Waals surface area contributed by atoms with Crippen LogP contribution < -0.4 is 14.8 Å². The lowest BCUT2D eigenvalue weighted by Gasteiger charge is -2.14. The minimum Gasteiger partial charge on any atom is -0.495 e. The van der Waals surface area contributed by atoms with Gasteiger partial charge in [-0.25, -0.2) is 18.1 Å². The van der Waals surface area contributed by atoms with Gasteiger partial charge in [-0.3, -0.25) is 0 Å². The first-order valence-corrected chi connectivity index (χ1v) is 13.6. The molecule has 2 aromatic heterocycles. The molecule has 1 atom stereocenters. The van der Waals surface area contributed by atoms with Crippen molar-refractivity contribution >= 4 is 26.5 Å². The molecule has 0 bridgehead atoms. The van der Waals surface area contributed by atoms with Crippen molar-refractivity contribution in [1.82, 2.24) is 14.9 Å². The van der Waals surface area contributed by atoms with Gasteiger partial charge in [0.25, 0.3) is 0 Å². The summed E-state index contributed by atoms with van der Waals surface area (Å²) in [6.07, 6.45) is 1.44. The average molecular weight is 513 g/mol. The number of anilines is 1. The van der Waals surface area contributed by atoms with Gasteiger partial charge >= 0.3 is 0 Å². The van der Waals surface area contributed by atoms with E-state index in [2.05, 4.69) is 20.2 Å². The highest BCUT2D eigenvalue weighted by molar-refractivity contribution is 7.89. The predicted molar refractivity (Wildman–Crippen MR) is 138 cm³/mol. The van der Waals surface area contributed by atoms with Crippen LogP contribution in [0.15, 0.2) is 69.4 Å². The lowest BCUT2D eigenvalue weighted by molar-refractivity contribution is 0.402. The van der Waals surface area contributed by atoms with Gasteiger partial charge in [-0.1, -0.05) is 41.6 Å². The van der Waals surface area contributed by atoms with Gasteiger partial charge in [-0.15, -0.1) is 11.3 Å². The van der Waals surface area contributed by atoms with E-state index in [1.54, 1.807) is 12.1 Å². The Morgan fingerprint density at radius 3 is 2.69 bits per heavy atom. The summed E-state index contributed by atoms with van der Waals surface area (Å²) in [4.78, 5) is 4.78. The number of nitrogens with one attached hydrogen (secondary N) is 2. The Hall–Kier alpha value is -3.21. The first kappa shape index (κ1) is 24.9. The summed E-state index contributed by atoms with van der Waals surface area (Å²) in [7, 11) is -2.19. The van der Waals surface area contributed by atoms with Crippen LogP contribution in [0, 0.1) is 6.92 Å². The molecule has 184 valence electrons. The van der Waals surface area contributed by atoms with E-state index in [0.29, 0.717) is 30.2 Å². The van der Waals surface area contributed by atoms with Crippen molar-refractivity contribution < 1.29 is 17.7 Å². The van der Waals surface area contributed by atoms with Gasteiger partial charge in [0.1, 0.15) is 22.0 Å². The normalized spacial score (nSPS) is 12.4. The summed E-state index contributed by atoms with van der Waals surface area (Å²) in [5.74, 6) is 1.03. The molecule has 0 radical (unpaired) electrons. The van der Waals surface area contributed by atoms with Gasteiger partial charge in [0.2, 0.25) is 10.0 Å². The molecule has 2 aromatic carbocycles. The molecule has 0 fully saturated rings. The summed E-state index contributed by atoms with van der Waals surface area (Å²) < 4.78 is 38.8. The number of rotatable bonds is 11. The second-order valence-electron chi connectivity index (χ2n) is 8.22. The Bertz CT molecular complexity index is 1370. The molecule has 0 spiro atoms. The Balaban J connectivity index is 1.28. The third kappa shape index (κ3) is 6.27. The smallest absolute Gasteiger partial charge is 0.244 e. The van der Waals surface area contributed by atoms with Crippen LogP contribution in [-0.4, -0.2) is 38.3 Å². The van der Waals surface area contributed by atoms with Crippen LogP contribution in [-0.2, 0) is 10.0 Å². The van der Waals surface area contributed by atoms with E-state index in [1.165, 1.54) is 18.4 Å². The minimum absolute atomic E-state index is 0.115. The molecule has 10 heteroatoms. The molecule has 0 saturated carbocycles. The summed E-state index contributed by atoms with van der Waals surface area (Å²) in [6.45, 7) is 4.22. The van der Waals surface area contributed by atoms with Crippen molar-refractivity contribution in [2.45, 2.75) is 37.6 Å². The Kier molecular flexibility index (Phi) is 7.84. The topological polar surface area (TPSA) is 106 Å². The van der Waals surface area contributed by atoms with E-state index in [4.69, 9.17) is 9.26 Å². The van der Waals surface area contributed by atoms with Gasteiger partial charge < -0.3 is 14.6 Å². The fourth-order valence-electron chi connectivity index (χ4n) is 3.56. The van der Waals surface area contributed by atoms with Crippen molar-refractivity contribution in [3.63, 3.8) is 0 Å². The number of methoxy groups -OCH3 is 1. The van der Waals surface area contributed by atoms with Crippen molar-refractivity contribution in [3.05, 3.63) is 65.5 Å². The zero-order valence-electron chi connectivity index (χ0n) is 19.8. The third-order valence-corrected chi connectivity index (χ3v) is 7.68. The van der Waals surface area contributed by atoms with Gasteiger partial charge in [0.05, 0.1) is 7.11 Å². The summed E-state index contributed by atoms with van der Waals surface area (Å²) in [5, 5.41) is 10.2. The van der Waals surface area contributed by atoms with E-state index in [9.17, 15) is 8.42 Å². The first-order valence-electron chi connectivity index (χ1n) is 11.2. The monoisotopic (exact) mass is 512 g/mol. The number of ether oxygens (including phenoxy) is 1. The van der Waals surface area contributed by atoms with Gasteiger partial charge in [-0.2, -0.15) is 0 Å². The number of benzene rings is 2. The molecule has 4 aromatic rings. The molecule has 2 N–H and O–H groups in total. The Morgan fingerprint density at radius 1 is 1.11 bits per heavy atom. The largest absolute Gasteiger partial charge is 0.495 e. The van der Waals surface area contributed by atoms with Crippen molar-refractivity contribution in [1.29, 1.82) is 0 Å². The van der Waals surface area contributed by atoms with Crippen LogP contribution >= 0.6 is 11.3 Å². The fraction of sp³-hybridized carbons (Fsp3) is 0.280. The predicted octanol–water partition coefficient (Wildman–Crippen LogP) is 5.34.